The van der Waals surface area contributed by atoms with Gasteiger partial charge in [0.1, 0.15) is 0 Å². The van der Waals surface area contributed by atoms with Gasteiger partial charge in [-0.3, -0.25) is 4.79 Å². The van der Waals surface area contributed by atoms with Gasteiger partial charge in [0, 0.05) is 18.1 Å². The van der Waals surface area contributed by atoms with Gasteiger partial charge in [0.2, 0.25) is 5.91 Å². The minimum absolute atomic E-state index is 0.112. The Morgan fingerprint density at radius 3 is 2.26 bits per heavy atom. The van der Waals surface area contributed by atoms with Crippen LogP contribution in [-0.2, 0) is 11.2 Å². The maximum Gasteiger partial charge on any atom is 0.227 e. The lowest BCUT2D eigenvalue weighted by Crippen LogP contribution is -2.34. The smallest absolute Gasteiger partial charge is 0.227 e. The summed E-state index contributed by atoms with van der Waals surface area (Å²) in [5, 5.41) is 17.7. The summed E-state index contributed by atoms with van der Waals surface area (Å²) in [7, 11) is 0. The molecule has 0 bridgehead atoms. The highest BCUT2D eigenvalue weighted by Crippen LogP contribution is 2.16. The minimum Gasteiger partial charge on any atom is -0.340 e. The summed E-state index contributed by atoms with van der Waals surface area (Å²) in [5.74, 6) is -0.112. The Morgan fingerprint density at radius 1 is 1.16 bits per heavy atom. The quantitative estimate of drug-likeness (QED) is 0.801. The number of amides is 1. The summed E-state index contributed by atoms with van der Waals surface area (Å²) < 4.78 is 0. The first-order valence-corrected chi connectivity index (χ1v) is 6.32. The van der Waals surface area contributed by atoms with Gasteiger partial charge in [-0.15, -0.1) is 0 Å². The SMILES string of the molecule is N#CCCN(CCC#N)C(=O)Cc1ccccc1Cl. The van der Waals surface area contributed by atoms with E-state index in [-0.39, 0.29) is 25.2 Å². The van der Waals surface area contributed by atoms with E-state index in [1.54, 1.807) is 18.2 Å². The third-order valence-electron chi connectivity index (χ3n) is 2.64. The van der Waals surface area contributed by atoms with Crippen molar-refractivity contribution in [2.45, 2.75) is 19.3 Å². The van der Waals surface area contributed by atoms with Crippen molar-refractivity contribution >= 4 is 17.5 Å². The van der Waals surface area contributed by atoms with Crippen LogP contribution in [0.5, 0.6) is 0 Å². The molecule has 0 aliphatic carbocycles. The number of benzene rings is 1. The summed E-state index contributed by atoms with van der Waals surface area (Å²) in [6.45, 7) is 0.697. The van der Waals surface area contributed by atoms with E-state index in [0.29, 0.717) is 18.1 Å². The van der Waals surface area contributed by atoms with Crippen LogP contribution in [0.2, 0.25) is 5.02 Å². The Morgan fingerprint density at radius 2 is 1.74 bits per heavy atom. The largest absolute Gasteiger partial charge is 0.340 e. The molecule has 0 aliphatic rings. The van der Waals surface area contributed by atoms with Gasteiger partial charge in [-0.1, -0.05) is 29.8 Å². The fourth-order valence-corrected chi connectivity index (χ4v) is 1.85. The first-order chi connectivity index (χ1) is 9.19. The number of hydrogen-bond acceptors (Lipinski definition) is 3. The molecule has 0 heterocycles. The van der Waals surface area contributed by atoms with Gasteiger partial charge >= 0.3 is 0 Å². The standard InChI is InChI=1S/C14H14ClN3O/c15-13-6-2-1-5-12(13)11-14(19)18(9-3-7-16)10-4-8-17/h1-2,5-6H,3-4,9-11H2. The maximum absolute atomic E-state index is 12.1. The number of nitrogens with zero attached hydrogens (tertiary/aromatic N) is 3. The third kappa shape index (κ3) is 4.99. The van der Waals surface area contributed by atoms with E-state index < -0.39 is 0 Å². The molecule has 0 radical (unpaired) electrons. The van der Waals surface area contributed by atoms with Gasteiger partial charge in [-0.2, -0.15) is 10.5 Å². The third-order valence-corrected chi connectivity index (χ3v) is 3.01. The summed E-state index contributed by atoms with van der Waals surface area (Å²) in [4.78, 5) is 13.7. The molecular formula is C14H14ClN3O. The molecule has 0 aromatic heterocycles. The van der Waals surface area contributed by atoms with Gasteiger partial charge in [0.05, 0.1) is 31.4 Å². The Bertz CT molecular complexity index is 498. The molecule has 5 heteroatoms. The van der Waals surface area contributed by atoms with E-state index in [2.05, 4.69) is 0 Å². The summed E-state index contributed by atoms with van der Waals surface area (Å²) in [5.41, 5.74) is 0.757. The zero-order valence-corrected chi connectivity index (χ0v) is 11.2. The molecule has 0 spiro atoms. The molecule has 1 aromatic rings. The highest BCUT2D eigenvalue weighted by Gasteiger charge is 2.14. The molecule has 1 rings (SSSR count). The van der Waals surface area contributed by atoms with Gasteiger partial charge in [-0.25, -0.2) is 0 Å². The van der Waals surface area contributed by atoms with Crippen LogP contribution in [0.1, 0.15) is 18.4 Å². The molecule has 1 amide bonds. The normalized spacial score (nSPS) is 9.42. The molecule has 0 unspecified atom stereocenters. The lowest BCUT2D eigenvalue weighted by atomic mass is 10.1. The number of carbonyl (C=O) groups excluding carboxylic acids is 1. The van der Waals surface area contributed by atoms with Crippen molar-refractivity contribution in [1.82, 2.24) is 4.90 Å². The molecule has 98 valence electrons. The second kappa shape index (κ2) is 8.13. The topological polar surface area (TPSA) is 67.9 Å². The van der Waals surface area contributed by atoms with Crippen LogP contribution in [0.25, 0.3) is 0 Å². The van der Waals surface area contributed by atoms with E-state index in [1.165, 1.54) is 4.90 Å². The first kappa shape index (κ1) is 15.0. The molecule has 1 aromatic carbocycles. The van der Waals surface area contributed by atoms with Crippen LogP contribution < -0.4 is 0 Å². The van der Waals surface area contributed by atoms with E-state index in [0.717, 1.165) is 5.56 Å². The minimum atomic E-state index is -0.112. The summed E-state index contributed by atoms with van der Waals surface area (Å²) in [6.07, 6.45) is 0.718. The molecule has 0 aliphatic heterocycles. The molecular weight excluding hydrogens is 262 g/mol. The van der Waals surface area contributed by atoms with E-state index in [4.69, 9.17) is 22.1 Å². The van der Waals surface area contributed by atoms with Crippen molar-refractivity contribution in [3.63, 3.8) is 0 Å². The molecule has 0 saturated heterocycles. The zero-order chi connectivity index (χ0) is 14.1. The lowest BCUT2D eigenvalue weighted by Gasteiger charge is -2.20. The Kier molecular flexibility index (Phi) is 6.43. The summed E-state index contributed by atoms with van der Waals surface area (Å²) in [6, 6.07) is 11.2. The van der Waals surface area contributed by atoms with Gasteiger partial charge < -0.3 is 4.90 Å². The van der Waals surface area contributed by atoms with Crippen molar-refractivity contribution < 1.29 is 4.79 Å². The van der Waals surface area contributed by atoms with Crippen molar-refractivity contribution in [2.75, 3.05) is 13.1 Å². The van der Waals surface area contributed by atoms with Crippen LogP contribution in [0.15, 0.2) is 24.3 Å². The van der Waals surface area contributed by atoms with Gasteiger partial charge in [-0.05, 0) is 11.6 Å². The van der Waals surface area contributed by atoms with E-state index in [9.17, 15) is 4.79 Å². The fraction of sp³-hybridized carbons (Fsp3) is 0.357. The second-order valence-electron chi connectivity index (χ2n) is 3.97. The highest BCUT2D eigenvalue weighted by molar-refractivity contribution is 6.31. The lowest BCUT2D eigenvalue weighted by molar-refractivity contribution is -0.130. The van der Waals surface area contributed by atoms with Crippen LogP contribution >= 0.6 is 11.6 Å². The zero-order valence-electron chi connectivity index (χ0n) is 10.5. The van der Waals surface area contributed by atoms with Crippen molar-refractivity contribution in [3.05, 3.63) is 34.9 Å². The Balaban J connectivity index is 2.69. The second-order valence-corrected chi connectivity index (χ2v) is 4.37. The molecule has 4 nitrogen and oxygen atoms in total. The van der Waals surface area contributed by atoms with Crippen LogP contribution in [-0.4, -0.2) is 23.9 Å². The Hall–Kier alpha value is -2.04. The number of halogens is 1. The van der Waals surface area contributed by atoms with Gasteiger partial charge in [0.15, 0.2) is 0 Å². The number of carbonyl (C=O) groups is 1. The van der Waals surface area contributed by atoms with Crippen molar-refractivity contribution in [2.24, 2.45) is 0 Å². The summed E-state index contributed by atoms with van der Waals surface area (Å²) >= 11 is 6.01. The molecule has 0 N–H and O–H groups in total. The van der Waals surface area contributed by atoms with E-state index in [1.807, 2.05) is 18.2 Å². The van der Waals surface area contributed by atoms with Crippen LogP contribution in [0, 0.1) is 22.7 Å². The monoisotopic (exact) mass is 275 g/mol. The van der Waals surface area contributed by atoms with Crippen LogP contribution in [0.3, 0.4) is 0 Å². The maximum atomic E-state index is 12.1. The molecule has 19 heavy (non-hydrogen) atoms. The highest BCUT2D eigenvalue weighted by atomic mass is 35.5. The van der Waals surface area contributed by atoms with Crippen LogP contribution in [0.4, 0.5) is 0 Å². The molecule has 0 atom stereocenters. The van der Waals surface area contributed by atoms with Gasteiger partial charge in [0.25, 0.3) is 0 Å². The molecule has 0 saturated carbocycles. The average Bonchev–Trinajstić information content (AvgIpc) is 2.41. The van der Waals surface area contributed by atoms with E-state index >= 15 is 0 Å². The first-order valence-electron chi connectivity index (χ1n) is 5.94. The number of hydrogen-bond donors (Lipinski definition) is 0. The number of rotatable bonds is 6. The predicted molar refractivity (Wildman–Crippen MR) is 72.2 cm³/mol. The Labute approximate surface area is 117 Å². The van der Waals surface area contributed by atoms with Crippen molar-refractivity contribution in [1.29, 1.82) is 10.5 Å². The molecule has 0 fully saturated rings. The predicted octanol–water partition coefficient (Wildman–Crippen LogP) is 2.54. The van der Waals surface area contributed by atoms with Crippen molar-refractivity contribution in [3.8, 4) is 12.1 Å². The number of nitriles is 2. The fourth-order valence-electron chi connectivity index (χ4n) is 1.65. The average molecular weight is 276 g/mol.